The Morgan fingerprint density at radius 2 is 2.14 bits per heavy atom. The van der Waals surface area contributed by atoms with E-state index in [0.717, 1.165) is 29.3 Å². The average molecular weight is 288 g/mol. The van der Waals surface area contributed by atoms with E-state index in [1.807, 2.05) is 6.92 Å². The van der Waals surface area contributed by atoms with E-state index in [0.29, 0.717) is 17.9 Å². The van der Waals surface area contributed by atoms with Crippen LogP contribution in [0.25, 0.3) is 11.0 Å². The van der Waals surface area contributed by atoms with Gasteiger partial charge in [-0.15, -0.1) is 0 Å². The van der Waals surface area contributed by atoms with Crippen LogP contribution in [-0.2, 0) is 0 Å². The van der Waals surface area contributed by atoms with Crippen molar-refractivity contribution in [2.45, 2.75) is 46.1 Å². The van der Waals surface area contributed by atoms with Crippen molar-refractivity contribution in [1.82, 2.24) is 20.2 Å². The summed E-state index contributed by atoms with van der Waals surface area (Å²) in [6.07, 6.45) is 5.60. The molecule has 3 rings (SSSR count). The lowest BCUT2D eigenvalue weighted by Gasteiger charge is -2.35. The first kappa shape index (κ1) is 14.1. The van der Waals surface area contributed by atoms with Gasteiger partial charge in [-0.2, -0.15) is 15.1 Å². The number of anilines is 2. The second-order valence-electron chi connectivity index (χ2n) is 6.08. The van der Waals surface area contributed by atoms with Crippen LogP contribution in [0.1, 0.15) is 40.0 Å². The maximum Gasteiger partial charge on any atom is 0.226 e. The van der Waals surface area contributed by atoms with Crippen molar-refractivity contribution < 1.29 is 0 Å². The molecule has 3 N–H and O–H groups in total. The fourth-order valence-corrected chi connectivity index (χ4v) is 3.14. The highest BCUT2D eigenvalue weighted by Crippen LogP contribution is 2.32. The molecule has 3 unspecified atom stereocenters. The summed E-state index contributed by atoms with van der Waals surface area (Å²) in [5.41, 5.74) is 0.778. The zero-order valence-corrected chi connectivity index (χ0v) is 13.0. The van der Waals surface area contributed by atoms with Crippen LogP contribution in [0.15, 0.2) is 6.20 Å². The minimum atomic E-state index is 0.469. The lowest BCUT2D eigenvalue weighted by atomic mass is 9.78. The third-order valence-corrected chi connectivity index (χ3v) is 4.67. The van der Waals surface area contributed by atoms with Crippen molar-refractivity contribution in [2.75, 3.05) is 17.2 Å². The molecule has 0 amide bonds. The van der Waals surface area contributed by atoms with Crippen molar-refractivity contribution in [3.8, 4) is 0 Å². The topological polar surface area (TPSA) is 78.5 Å². The number of nitrogens with zero attached hydrogens (tertiary/aromatic N) is 3. The van der Waals surface area contributed by atoms with Crippen LogP contribution in [0.4, 0.5) is 11.8 Å². The van der Waals surface area contributed by atoms with Gasteiger partial charge in [0.05, 0.1) is 11.6 Å². The largest absolute Gasteiger partial charge is 0.366 e. The smallest absolute Gasteiger partial charge is 0.226 e. The molecule has 0 spiro atoms. The molecular weight excluding hydrogens is 264 g/mol. The van der Waals surface area contributed by atoms with Crippen molar-refractivity contribution in [2.24, 2.45) is 11.8 Å². The van der Waals surface area contributed by atoms with Crippen LogP contribution >= 0.6 is 0 Å². The van der Waals surface area contributed by atoms with Crippen molar-refractivity contribution >= 4 is 22.8 Å². The number of aromatic amines is 1. The summed E-state index contributed by atoms with van der Waals surface area (Å²) in [5.74, 6) is 2.94. The molecule has 0 aliphatic heterocycles. The maximum absolute atomic E-state index is 4.62. The molecule has 0 saturated heterocycles. The van der Waals surface area contributed by atoms with Crippen LogP contribution in [-0.4, -0.2) is 32.8 Å². The molecule has 3 atom stereocenters. The number of rotatable bonds is 4. The Kier molecular flexibility index (Phi) is 3.94. The molecule has 1 saturated carbocycles. The normalized spacial score (nSPS) is 26.0. The van der Waals surface area contributed by atoms with Gasteiger partial charge in [0.25, 0.3) is 0 Å². The van der Waals surface area contributed by atoms with E-state index in [4.69, 9.17) is 0 Å². The molecule has 2 heterocycles. The fourth-order valence-electron chi connectivity index (χ4n) is 3.14. The number of hydrogen-bond acceptors (Lipinski definition) is 5. The summed E-state index contributed by atoms with van der Waals surface area (Å²) in [5, 5.41) is 14.8. The molecule has 2 aromatic rings. The van der Waals surface area contributed by atoms with Crippen LogP contribution in [0.3, 0.4) is 0 Å². The molecule has 114 valence electrons. The van der Waals surface area contributed by atoms with Crippen LogP contribution < -0.4 is 10.6 Å². The summed E-state index contributed by atoms with van der Waals surface area (Å²) in [6.45, 7) is 7.52. The molecule has 6 nitrogen and oxygen atoms in total. The molecule has 0 bridgehead atoms. The number of aromatic nitrogens is 4. The Balaban J connectivity index is 1.89. The monoisotopic (exact) mass is 288 g/mol. The molecule has 1 fully saturated rings. The highest BCUT2D eigenvalue weighted by Gasteiger charge is 2.27. The summed E-state index contributed by atoms with van der Waals surface area (Å²) < 4.78 is 0. The van der Waals surface area contributed by atoms with Gasteiger partial charge in [-0.3, -0.25) is 5.10 Å². The summed E-state index contributed by atoms with van der Waals surface area (Å²) in [6, 6.07) is 0.469. The van der Waals surface area contributed by atoms with Gasteiger partial charge in [-0.05, 0) is 25.2 Å². The quantitative estimate of drug-likeness (QED) is 0.806. The van der Waals surface area contributed by atoms with Crippen LogP contribution in [0.2, 0.25) is 0 Å². The molecule has 0 aromatic carbocycles. The summed E-state index contributed by atoms with van der Waals surface area (Å²) >= 11 is 0. The number of nitrogens with one attached hydrogen (secondary N) is 3. The van der Waals surface area contributed by atoms with Gasteiger partial charge in [0, 0.05) is 12.6 Å². The predicted octanol–water partition coefficient (Wildman–Crippen LogP) is 3.02. The number of hydrogen-bond donors (Lipinski definition) is 3. The predicted molar refractivity (Wildman–Crippen MR) is 85.4 cm³/mol. The van der Waals surface area contributed by atoms with Gasteiger partial charge in [0.15, 0.2) is 5.65 Å². The minimum Gasteiger partial charge on any atom is -0.366 e. The molecule has 6 heteroatoms. The van der Waals surface area contributed by atoms with E-state index in [2.05, 4.69) is 44.6 Å². The average Bonchev–Trinajstić information content (AvgIpc) is 2.93. The zero-order valence-electron chi connectivity index (χ0n) is 13.0. The van der Waals surface area contributed by atoms with Gasteiger partial charge < -0.3 is 10.6 Å². The number of H-pyrrole nitrogens is 1. The Hall–Kier alpha value is -1.85. The van der Waals surface area contributed by atoms with Gasteiger partial charge in [-0.25, -0.2) is 0 Å². The van der Waals surface area contributed by atoms with Crippen molar-refractivity contribution in [1.29, 1.82) is 0 Å². The second kappa shape index (κ2) is 5.87. The molecular formula is C15H24N6. The highest BCUT2D eigenvalue weighted by molar-refractivity contribution is 5.87. The third kappa shape index (κ3) is 2.80. The Morgan fingerprint density at radius 1 is 1.29 bits per heavy atom. The molecule has 1 aliphatic carbocycles. The van der Waals surface area contributed by atoms with E-state index in [9.17, 15) is 0 Å². The van der Waals surface area contributed by atoms with Gasteiger partial charge in [0.2, 0.25) is 5.95 Å². The third-order valence-electron chi connectivity index (χ3n) is 4.67. The SMILES string of the molecule is CCNc1nc(NC2CCCC(C)C2C)c2cn[nH]c2n1. The van der Waals surface area contributed by atoms with Crippen molar-refractivity contribution in [3.63, 3.8) is 0 Å². The van der Waals surface area contributed by atoms with E-state index < -0.39 is 0 Å². The summed E-state index contributed by atoms with van der Waals surface area (Å²) in [7, 11) is 0. The van der Waals surface area contributed by atoms with Gasteiger partial charge >= 0.3 is 0 Å². The second-order valence-corrected chi connectivity index (χ2v) is 6.08. The lowest BCUT2D eigenvalue weighted by molar-refractivity contribution is 0.253. The Morgan fingerprint density at radius 3 is 2.95 bits per heavy atom. The molecule has 1 aliphatic rings. The zero-order chi connectivity index (χ0) is 14.8. The molecule has 21 heavy (non-hydrogen) atoms. The number of fused-ring (bicyclic) bond motifs is 1. The summed E-state index contributed by atoms with van der Waals surface area (Å²) in [4.78, 5) is 9.06. The molecule has 2 aromatic heterocycles. The standard InChI is InChI=1S/C15H24N6/c1-4-16-15-19-13(11-8-17-21-14(11)20-15)18-12-7-5-6-9(2)10(12)3/h8-10,12H,4-7H2,1-3H3,(H3,16,17,18,19,20,21). The Labute approximate surface area is 125 Å². The first-order valence-corrected chi connectivity index (χ1v) is 7.90. The van der Waals surface area contributed by atoms with E-state index in [-0.39, 0.29) is 0 Å². The van der Waals surface area contributed by atoms with Crippen molar-refractivity contribution in [3.05, 3.63) is 6.20 Å². The minimum absolute atomic E-state index is 0.469. The highest BCUT2D eigenvalue weighted by atomic mass is 15.2. The van der Waals surface area contributed by atoms with E-state index in [1.165, 1.54) is 19.3 Å². The lowest BCUT2D eigenvalue weighted by Crippen LogP contribution is -2.35. The van der Waals surface area contributed by atoms with E-state index in [1.54, 1.807) is 6.20 Å². The first-order chi connectivity index (χ1) is 10.2. The Bertz CT molecular complexity index is 607. The molecule has 0 radical (unpaired) electrons. The van der Waals surface area contributed by atoms with Gasteiger partial charge in [0.1, 0.15) is 5.82 Å². The van der Waals surface area contributed by atoms with Gasteiger partial charge in [-0.1, -0.05) is 26.7 Å². The van der Waals surface area contributed by atoms with Crippen LogP contribution in [0.5, 0.6) is 0 Å². The van der Waals surface area contributed by atoms with Crippen LogP contribution in [0, 0.1) is 11.8 Å². The maximum atomic E-state index is 4.62. The fraction of sp³-hybridized carbons (Fsp3) is 0.667. The first-order valence-electron chi connectivity index (χ1n) is 7.90. The van der Waals surface area contributed by atoms with E-state index >= 15 is 0 Å².